The second-order valence-electron chi connectivity index (χ2n) is 6.61. The lowest BCUT2D eigenvalue weighted by molar-refractivity contribution is -0.116. The smallest absolute Gasteiger partial charge is 0.282 e. The Morgan fingerprint density at radius 2 is 1.78 bits per heavy atom. The van der Waals surface area contributed by atoms with E-state index >= 15 is 0 Å². The molecule has 0 aliphatic carbocycles. The van der Waals surface area contributed by atoms with Crippen LogP contribution in [0.3, 0.4) is 0 Å². The van der Waals surface area contributed by atoms with E-state index < -0.39 is 21.9 Å². The lowest BCUT2D eigenvalue weighted by Gasteiger charge is -2.18. The number of hydrogen-bond donors (Lipinski definition) is 1. The number of nitrogens with zero attached hydrogens (tertiary/aromatic N) is 2. The largest absolute Gasteiger partial charge is 0.325 e. The van der Waals surface area contributed by atoms with E-state index in [0.29, 0.717) is 11.3 Å². The Balaban J connectivity index is 1.65. The van der Waals surface area contributed by atoms with Gasteiger partial charge in [0.1, 0.15) is 5.82 Å². The van der Waals surface area contributed by atoms with Gasteiger partial charge in [0.2, 0.25) is 5.91 Å². The summed E-state index contributed by atoms with van der Waals surface area (Å²) in [7, 11) is -3.81. The summed E-state index contributed by atoms with van der Waals surface area (Å²) < 4.78 is 41.4. The molecule has 1 aliphatic rings. The van der Waals surface area contributed by atoms with Crippen molar-refractivity contribution < 1.29 is 17.6 Å². The second kappa shape index (κ2) is 7.75. The van der Waals surface area contributed by atoms with Crippen molar-refractivity contribution in [2.75, 3.05) is 25.0 Å². The number of halogens is 1. The molecule has 0 atom stereocenters. The molecule has 0 saturated carbocycles. The highest BCUT2D eigenvalue weighted by Gasteiger charge is 2.37. The number of benzene rings is 2. The minimum Gasteiger partial charge on any atom is -0.325 e. The Morgan fingerprint density at radius 1 is 1.07 bits per heavy atom. The van der Waals surface area contributed by atoms with Crippen LogP contribution >= 0.6 is 0 Å². The van der Waals surface area contributed by atoms with E-state index in [1.807, 2.05) is 26.0 Å². The van der Waals surface area contributed by atoms with E-state index in [0.717, 1.165) is 15.4 Å². The third-order valence-electron chi connectivity index (χ3n) is 4.67. The van der Waals surface area contributed by atoms with Gasteiger partial charge < -0.3 is 5.32 Å². The molecule has 8 heteroatoms. The maximum atomic E-state index is 13.8. The number of aryl methyl sites for hydroxylation is 2. The van der Waals surface area contributed by atoms with Crippen LogP contribution in [0.5, 0.6) is 0 Å². The van der Waals surface area contributed by atoms with Crippen molar-refractivity contribution in [3.8, 4) is 0 Å². The van der Waals surface area contributed by atoms with Crippen molar-refractivity contribution in [1.82, 2.24) is 8.61 Å². The molecule has 1 saturated heterocycles. The molecular weight excluding hydrogens is 369 g/mol. The highest BCUT2D eigenvalue weighted by molar-refractivity contribution is 7.87. The molecule has 0 aromatic heterocycles. The first-order valence-electron chi connectivity index (χ1n) is 8.63. The van der Waals surface area contributed by atoms with Crippen LogP contribution in [0.4, 0.5) is 10.1 Å². The predicted molar refractivity (Wildman–Crippen MR) is 102 cm³/mol. The number of carbonyl (C=O) groups is 1. The van der Waals surface area contributed by atoms with Gasteiger partial charge in [-0.2, -0.15) is 17.0 Å². The molecule has 0 unspecified atom stereocenters. The van der Waals surface area contributed by atoms with E-state index in [-0.39, 0.29) is 26.2 Å². The number of carbonyl (C=O) groups excluding carboxylic acids is 1. The molecule has 1 aliphatic heterocycles. The SMILES string of the molecule is Cc1ccc(NC(=O)CN2CCN(Cc3ccccc3F)S2(=O)=O)cc1C. The Labute approximate surface area is 158 Å². The van der Waals surface area contributed by atoms with Crippen LogP contribution < -0.4 is 5.32 Å². The lowest BCUT2D eigenvalue weighted by Crippen LogP contribution is -2.38. The summed E-state index contributed by atoms with van der Waals surface area (Å²) in [4.78, 5) is 12.3. The van der Waals surface area contributed by atoms with E-state index in [1.54, 1.807) is 24.3 Å². The van der Waals surface area contributed by atoms with Crippen LogP contribution in [0.25, 0.3) is 0 Å². The number of amides is 1. The van der Waals surface area contributed by atoms with Gasteiger partial charge in [0.05, 0.1) is 6.54 Å². The second-order valence-corrected chi connectivity index (χ2v) is 8.54. The first-order chi connectivity index (χ1) is 12.8. The van der Waals surface area contributed by atoms with Gasteiger partial charge in [-0.15, -0.1) is 0 Å². The molecule has 1 fully saturated rings. The zero-order valence-corrected chi connectivity index (χ0v) is 16.1. The molecule has 6 nitrogen and oxygen atoms in total. The highest BCUT2D eigenvalue weighted by atomic mass is 32.2. The van der Waals surface area contributed by atoms with Crippen molar-refractivity contribution in [3.05, 3.63) is 65.0 Å². The summed E-state index contributed by atoms with van der Waals surface area (Å²) in [5.41, 5.74) is 3.09. The summed E-state index contributed by atoms with van der Waals surface area (Å²) >= 11 is 0. The third-order valence-corrected chi connectivity index (χ3v) is 6.60. The van der Waals surface area contributed by atoms with Crippen LogP contribution in [0, 0.1) is 19.7 Å². The molecule has 2 aromatic rings. The van der Waals surface area contributed by atoms with E-state index in [9.17, 15) is 17.6 Å². The molecule has 0 radical (unpaired) electrons. The van der Waals surface area contributed by atoms with Crippen LogP contribution in [0.2, 0.25) is 0 Å². The van der Waals surface area contributed by atoms with E-state index in [2.05, 4.69) is 5.32 Å². The predicted octanol–water partition coefficient (Wildman–Crippen LogP) is 2.44. The van der Waals surface area contributed by atoms with E-state index in [1.165, 1.54) is 10.4 Å². The fraction of sp³-hybridized carbons (Fsp3) is 0.316. The monoisotopic (exact) mass is 391 g/mol. The van der Waals surface area contributed by atoms with Gasteiger partial charge in [-0.05, 0) is 43.2 Å². The van der Waals surface area contributed by atoms with Crippen LogP contribution in [-0.4, -0.2) is 42.6 Å². The number of rotatable bonds is 5. The average molecular weight is 391 g/mol. The number of anilines is 1. The Kier molecular flexibility index (Phi) is 5.59. The van der Waals surface area contributed by atoms with Crippen LogP contribution in [0.1, 0.15) is 16.7 Å². The maximum Gasteiger partial charge on any atom is 0.282 e. The Morgan fingerprint density at radius 3 is 2.48 bits per heavy atom. The topological polar surface area (TPSA) is 69.7 Å². The van der Waals surface area contributed by atoms with Crippen molar-refractivity contribution in [2.45, 2.75) is 20.4 Å². The maximum absolute atomic E-state index is 13.8. The van der Waals surface area contributed by atoms with Gasteiger partial charge in [0.15, 0.2) is 0 Å². The molecule has 1 heterocycles. The fourth-order valence-electron chi connectivity index (χ4n) is 2.93. The minimum atomic E-state index is -3.81. The molecule has 27 heavy (non-hydrogen) atoms. The fourth-order valence-corrected chi connectivity index (χ4v) is 4.47. The van der Waals surface area contributed by atoms with Gasteiger partial charge in [0.25, 0.3) is 10.2 Å². The first-order valence-corrected chi connectivity index (χ1v) is 10.0. The van der Waals surface area contributed by atoms with Crippen molar-refractivity contribution >= 4 is 21.8 Å². The molecular formula is C19H22FN3O3S. The quantitative estimate of drug-likeness (QED) is 0.851. The van der Waals surface area contributed by atoms with Gasteiger partial charge in [-0.3, -0.25) is 4.79 Å². The van der Waals surface area contributed by atoms with Crippen molar-refractivity contribution in [3.63, 3.8) is 0 Å². The Hall–Kier alpha value is -2.29. The Bertz CT molecular complexity index is 962. The summed E-state index contributed by atoms with van der Waals surface area (Å²) in [5.74, 6) is -0.854. The molecule has 1 N–H and O–H groups in total. The molecule has 2 aromatic carbocycles. The van der Waals surface area contributed by atoms with Gasteiger partial charge >= 0.3 is 0 Å². The summed E-state index contributed by atoms with van der Waals surface area (Å²) in [6.07, 6.45) is 0. The van der Waals surface area contributed by atoms with Crippen LogP contribution in [-0.2, 0) is 21.5 Å². The molecule has 3 rings (SSSR count). The molecule has 1 amide bonds. The zero-order valence-electron chi connectivity index (χ0n) is 15.3. The first kappa shape index (κ1) is 19.5. The minimum absolute atomic E-state index is 0.0513. The third kappa shape index (κ3) is 4.35. The van der Waals surface area contributed by atoms with Crippen LogP contribution in [0.15, 0.2) is 42.5 Å². The summed E-state index contributed by atoms with van der Waals surface area (Å²) in [6.45, 7) is 4.00. The molecule has 0 bridgehead atoms. The highest BCUT2D eigenvalue weighted by Crippen LogP contribution is 2.21. The lowest BCUT2D eigenvalue weighted by atomic mass is 10.1. The average Bonchev–Trinajstić information content (AvgIpc) is 2.87. The summed E-state index contributed by atoms with van der Waals surface area (Å²) in [6, 6.07) is 11.6. The normalized spacial score (nSPS) is 17.1. The number of nitrogens with one attached hydrogen (secondary N) is 1. The van der Waals surface area contributed by atoms with Crippen molar-refractivity contribution in [1.29, 1.82) is 0 Å². The van der Waals surface area contributed by atoms with Gasteiger partial charge in [-0.25, -0.2) is 4.39 Å². The summed E-state index contributed by atoms with van der Waals surface area (Å²) in [5, 5.41) is 2.72. The van der Waals surface area contributed by atoms with E-state index in [4.69, 9.17) is 0 Å². The molecule has 144 valence electrons. The molecule has 0 spiro atoms. The zero-order chi connectivity index (χ0) is 19.6. The van der Waals surface area contributed by atoms with Crippen molar-refractivity contribution in [2.24, 2.45) is 0 Å². The standard InChI is InChI=1S/C19H22FN3O3S/c1-14-7-8-17(11-15(14)2)21-19(24)13-23-10-9-22(27(23,25)26)12-16-5-3-4-6-18(16)20/h3-8,11H,9-10,12-13H2,1-2H3,(H,21,24). The van der Waals surface area contributed by atoms with Gasteiger partial charge in [0, 0.05) is 30.9 Å². The van der Waals surface area contributed by atoms with Gasteiger partial charge in [-0.1, -0.05) is 24.3 Å². The number of hydrogen-bond acceptors (Lipinski definition) is 3.